The Bertz CT molecular complexity index is 747. The molecule has 0 unspecified atom stereocenters. The molecule has 2 rings (SSSR count). The Balaban J connectivity index is 2.38. The van der Waals surface area contributed by atoms with Gasteiger partial charge in [0, 0.05) is 11.4 Å². The van der Waals surface area contributed by atoms with E-state index in [-0.39, 0.29) is 17.4 Å². The van der Waals surface area contributed by atoms with Crippen LogP contribution in [0.25, 0.3) is 10.9 Å². The Morgan fingerprint density at radius 1 is 1.29 bits per heavy atom. The van der Waals surface area contributed by atoms with Gasteiger partial charge >= 0.3 is 0 Å². The maximum atomic E-state index is 12.3. The molecule has 1 heterocycles. The zero-order chi connectivity index (χ0) is 15.6. The van der Waals surface area contributed by atoms with E-state index in [2.05, 4.69) is 9.71 Å². The second-order valence-electron chi connectivity index (χ2n) is 5.14. The number of rotatable bonds is 5. The number of aliphatic hydroxyl groups excluding tert-OH is 1. The van der Waals surface area contributed by atoms with E-state index in [4.69, 9.17) is 11.6 Å². The van der Waals surface area contributed by atoms with Crippen LogP contribution in [0, 0.1) is 5.92 Å². The first-order chi connectivity index (χ1) is 9.83. The minimum absolute atomic E-state index is 0.00861. The summed E-state index contributed by atoms with van der Waals surface area (Å²) >= 11 is 5.80. The number of pyridine rings is 1. The molecule has 1 atom stereocenters. The van der Waals surface area contributed by atoms with Gasteiger partial charge in [-0.05, 0) is 36.2 Å². The highest BCUT2D eigenvalue weighted by Gasteiger charge is 2.22. The van der Waals surface area contributed by atoms with Crippen LogP contribution in [0.3, 0.4) is 0 Å². The first kappa shape index (κ1) is 16.2. The van der Waals surface area contributed by atoms with Gasteiger partial charge in [-0.3, -0.25) is 0 Å². The maximum absolute atomic E-state index is 12.3. The third-order valence-electron chi connectivity index (χ3n) is 3.24. The molecule has 1 aromatic heterocycles. The smallest absolute Gasteiger partial charge is 0.240 e. The fraction of sp³-hybridized carbons (Fsp3) is 0.357. The summed E-state index contributed by atoms with van der Waals surface area (Å²) in [5.41, 5.74) is 0.629. The lowest BCUT2D eigenvalue weighted by Gasteiger charge is -2.19. The molecule has 2 N–H and O–H groups in total. The van der Waals surface area contributed by atoms with E-state index in [1.165, 1.54) is 12.1 Å². The van der Waals surface area contributed by atoms with Crippen LogP contribution in [0.2, 0.25) is 5.15 Å². The van der Waals surface area contributed by atoms with Gasteiger partial charge in [0.1, 0.15) is 5.15 Å². The lowest BCUT2D eigenvalue weighted by molar-refractivity contribution is 0.227. The summed E-state index contributed by atoms with van der Waals surface area (Å²) in [6, 6.07) is 7.43. The molecule has 0 aliphatic rings. The molecule has 21 heavy (non-hydrogen) atoms. The lowest BCUT2D eigenvalue weighted by Crippen LogP contribution is -2.41. The van der Waals surface area contributed by atoms with Crippen LogP contribution in [0.5, 0.6) is 0 Å². The second kappa shape index (κ2) is 6.27. The van der Waals surface area contributed by atoms with Crippen molar-refractivity contribution >= 4 is 32.5 Å². The summed E-state index contributed by atoms with van der Waals surface area (Å²) in [4.78, 5) is 4.25. The molecule has 0 saturated carbocycles. The van der Waals surface area contributed by atoms with Crippen LogP contribution in [0.4, 0.5) is 0 Å². The van der Waals surface area contributed by atoms with Crippen molar-refractivity contribution < 1.29 is 13.5 Å². The predicted molar refractivity (Wildman–Crippen MR) is 82.8 cm³/mol. The van der Waals surface area contributed by atoms with E-state index in [0.717, 1.165) is 0 Å². The Morgan fingerprint density at radius 3 is 2.62 bits per heavy atom. The van der Waals surface area contributed by atoms with Crippen LogP contribution in [0.1, 0.15) is 13.8 Å². The average molecular weight is 329 g/mol. The molecule has 7 heteroatoms. The molecule has 2 aromatic rings. The second-order valence-corrected chi connectivity index (χ2v) is 7.24. The first-order valence-corrected chi connectivity index (χ1v) is 8.39. The minimum atomic E-state index is -3.69. The number of hydrogen-bond acceptors (Lipinski definition) is 4. The van der Waals surface area contributed by atoms with Gasteiger partial charge in [-0.2, -0.15) is 0 Å². The highest BCUT2D eigenvalue weighted by Crippen LogP contribution is 2.20. The van der Waals surface area contributed by atoms with Gasteiger partial charge in [-0.1, -0.05) is 25.4 Å². The number of halogens is 1. The monoisotopic (exact) mass is 328 g/mol. The van der Waals surface area contributed by atoms with Crippen molar-refractivity contribution in [1.82, 2.24) is 9.71 Å². The van der Waals surface area contributed by atoms with Gasteiger partial charge in [0.2, 0.25) is 10.0 Å². The number of sulfonamides is 1. The molecule has 0 amide bonds. The molecule has 0 fully saturated rings. The van der Waals surface area contributed by atoms with E-state index in [9.17, 15) is 13.5 Å². The topological polar surface area (TPSA) is 79.3 Å². The molecule has 0 saturated heterocycles. The Labute approximate surface area is 129 Å². The van der Waals surface area contributed by atoms with Crippen molar-refractivity contribution in [2.45, 2.75) is 24.8 Å². The van der Waals surface area contributed by atoms with Gasteiger partial charge in [-0.25, -0.2) is 18.1 Å². The molecule has 1 aromatic carbocycles. The summed E-state index contributed by atoms with van der Waals surface area (Å²) in [6.07, 6.45) is 0. The van der Waals surface area contributed by atoms with E-state index in [0.29, 0.717) is 16.1 Å². The minimum Gasteiger partial charge on any atom is -0.395 e. The number of fused-ring (bicyclic) bond motifs is 1. The highest BCUT2D eigenvalue weighted by molar-refractivity contribution is 7.89. The van der Waals surface area contributed by atoms with E-state index in [1.807, 2.05) is 13.8 Å². The molecule has 114 valence electrons. The van der Waals surface area contributed by atoms with Crippen LogP contribution >= 0.6 is 11.6 Å². The van der Waals surface area contributed by atoms with Crippen LogP contribution < -0.4 is 4.72 Å². The average Bonchev–Trinajstić information content (AvgIpc) is 2.43. The molecule has 0 spiro atoms. The van der Waals surface area contributed by atoms with E-state index in [1.54, 1.807) is 18.2 Å². The molecule has 0 radical (unpaired) electrons. The number of nitrogens with zero attached hydrogens (tertiary/aromatic N) is 1. The third kappa shape index (κ3) is 3.71. The normalized spacial score (nSPS) is 13.8. The SMILES string of the molecule is CC(C)[C@@H](CO)NS(=O)(=O)c1ccc2nc(Cl)ccc2c1. The van der Waals surface area contributed by atoms with Gasteiger partial charge in [0.15, 0.2) is 0 Å². The molecule has 5 nitrogen and oxygen atoms in total. The number of hydrogen-bond donors (Lipinski definition) is 2. The quantitative estimate of drug-likeness (QED) is 0.824. The Morgan fingerprint density at radius 2 is 2.00 bits per heavy atom. The van der Waals surface area contributed by atoms with Crippen LogP contribution in [-0.4, -0.2) is 31.2 Å². The number of aliphatic hydroxyl groups is 1. The Hall–Kier alpha value is -1.21. The van der Waals surface area contributed by atoms with Gasteiger partial charge in [-0.15, -0.1) is 0 Å². The number of nitrogens with one attached hydrogen (secondary N) is 1. The first-order valence-electron chi connectivity index (χ1n) is 6.53. The molecular formula is C14H17ClN2O3S. The summed E-state index contributed by atoms with van der Waals surface area (Å²) < 4.78 is 27.2. The Kier molecular flexibility index (Phi) is 4.83. The fourth-order valence-corrected chi connectivity index (χ4v) is 3.46. The van der Waals surface area contributed by atoms with Crippen LogP contribution in [-0.2, 0) is 10.0 Å². The van der Waals surface area contributed by atoms with Gasteiger partial charge < -0.3 is 5.11 Å². The van der Waals surface area contributed by atoms with Crippen molar-refractivity contribution in [2.75, 3.05) is 6.61 Å². The maximum Gasteiger partial charge on any atom is 0.240 e. The van der Waals surface area contributed by atoms with Gasteiger partial charge in [0.05, 0.1) is 17.0 Å². The number of benzene rings is 1. The van der Waals surface area contributed by atoms with Crippen LogP contribution in [0.15, 0.2) is 35.2 Å². The molecular weight excluding hydrogens is 312 g/mol. The zero-order valence-electron chi connectivity index (χ0n) is 11.7. The fourth-order valence-electron chi connectivity index (χ4n) is 1.90. The lowest BCUT2D eigenvalue weighted by atomic mass is 10.1. The predicted octanol–water partition coefficient (Wildman–Crippen LogP) is 2.18. The van der Waals surface area contributed by atoms with Gasteiger partial charge in [0.25, 0.3) is 0 Å². The largest absolute Gasteiger partial charge is 0.395 e. The van der Waals surface area contributed by atoms with E-state index < -0.39 is 16.1 Å². The summed E-state index contributed by atoms with van der Waals surface area (Å²) in [5.74, 6) is -0.00861. The molecule has 0 aliphatic carbocycles. The molecule has 0 aliphatic heterocycles. The van der Waals surface area contributed by atoms with Crippen molar-refractivity contribution in [2.24, 2.45) is 5.92 Å². The van der Waals surface area contributed by atoms with Crippen molar-refractivity contribution in [3.05, 3.63) is 35.5 Å². The van der Waals surface area contributed by atoms with Crippen molar-refractivity contribution in [1.29, 1.82) is 0 Å². The van der Waals surface area contributed by atoms with E-state index >= 15 is 0 Å². The summed E-state index contributed by atoms with van der Waals surface area (Å²) in [7, 11) is -3.69. The highest BCUT2D eigenvalue weighted by atomic mass is 35.5. The van der Waals surface area contributed by atoms with Crippen molar-refractivity contribution in [3.8, 4) is 0 Å². The third-order valence-corrected chi connectivity index (χ3v) is 4.94. The summed E-state index contributed by atoms with van der Waals surface area (Å²) in [6.45, 7) is 3.44. The van der Waals surface area contributed by atoms with Crippen molar-refractivity contribution in [3.63, 3.8) is 0 Å². The summed E-state index contributed by atoms with van der Waals surface area (Å²) in [5, 5.41) is 10.3. The number of aromatic nitrogens is 1. The standard InChI is InChI=1S/C14H17ClN2O3S/c1-9(2)13(8-18)17-21(19,20)11-4-5-12-10(7-11)3-6-14(15)16-12/h3-7,9,13,17-18H,8H2,1-2H3/t13-/m1/s1. The zero-order valence-corrected chi connectivity index (χ0v) is 13.3. The molecule has 0 bridgehead atoms.